The zero-order valence-corrected chi connectivity index (χ0v) is 12.1. The minimum absolute atomic E-state index is 0.166. The van der Waals surface area contributed by atoms with Crippen LogP contribution in [0.15, 0.2) is 29.2 Å². The summed E-state index contributed by atoms with van der Waals surface area (Å²) in [7, 11) is -3.46. The first-order valence-corrected chi connectivity index (χ1v) is 7.87. The standard InChI is InChI=1S/C13H20N2O3S/c1-3-5-10-14-13(16)11-6-8-12(9-7-11)19(17,18)15-4-2/h6-9,15H,3-5,10H2,1-2H3,(H,14,16). The lowest BCUT2D eigenvalue weighted by atomic mass is 10.2. The van der Waals surface area contributed by atoms with Gasteiger partial charge in [0.25, 0.3) is 5.91 Å². The molecular weight excluding hydrogens is 264 g/mol. The van der Waals surface area contributed by atoms with Crippen molar-refractivity contribution in [3.05, 3.63) is 29.8 Å². The maximum atomic E-state index is 11.7. The summed E-state index contributed by atoms with van der Waals surface area (Å²) in [4.78, 5) is 11.9. The minimum atomic E-state index is -3.46. The van der Waals surface area contributed by atoms with Crippen LogP contribution in [0.3, 0.4) is 0 Å². The second-order valence-corrected chi connectivity index (χ2v) is 5.90. The third kappa shape index (κ3) is 4.65. The molecule has 0 atom stereocenters. The molecule has 0 bridgehead atoms. The van der Waals surface area contributed by atoms with E-state index in [1.807, 2.05) is 6.92 Å². The summed E-state index contributed by atoms with van der Waals surface area (Å²) >= 11 is 0. The first kappa shape index (κ1) is 15.7. The van der Waals surface area contributed by atoms with Crippen LogP contribution >= 0.6 is 0 Å². The van der Waals surface area contributed by atoms with Crippen LogP contribution in [0.2, 0.25) is 0 Å². The quantitative estimate of drug-likeness (QED) is 0.745. The highest BCUT2D eigenvalue weighted by Crippen LogP contribution is 2.10. The number of unbranched alkanes of at least 4 members (excludes halogenated alkanes) is 1. The molecule has 1 amide bonds. The Bertz CT molecular complexity index is 509. The van der Waals surface area contributed by atoms with Crippen molar-refractivity contribution >= 4 is 15.9 Å². The highest BCUT2D eigenvalue weighted by Gasteiger charge is 2.13. The average molecular weight is 284 g/mol. The Morgan fingerprint density at radius 2 is 1.79 bits per heavy atom. The van der Waals surface area contributed by atoms with E-state index in [9.17, 15) is 13.2 Å². The predicted molar refractivity (Wildman–Crippen MR) is 74.5 cm³/mol. The normalized spacial score (nSPS) is 11.3. The Morgan fingerprint density at radius 3 is 2.32 bits per heavy atom. The van der Waals surface area contributed by atoms with Crippen molar-refractivity contribution in [2.75, 3.05) is 13.1 Å². The molecule has 0 heterocycles. The number of nitrogens with one attached hydrogen (secondary N) is 2. The van der Waals surface area contributed by atoms with Crippen LogP contribution in [0.25, 0.3) is 0 Å². The summed E-state index contributed by atoms with van der Waals surface area (Å²) in [5, 5.41) is 2.78. The number of hydrogen-bond donors (Lipinski definition) is 2. The van der Waals surface area contributed by atoms with E-state index in [1.54, 1.807) is 6.92 Å². The molecule has 0 aromatic heterocycles. The van der Waals surface area contributed by atoms with Crippen molar-refractivity contribution < 1.29 is 13.2 Å². The van der Waals surface area contributed by atoms with Crippen molar-refractivity contribution in [1.82, 2.24) is 10.0 Å². The van der Waals surface area contributed by atoms with Gasteiger partial charge in [0, 0.05) is 18.7 Å². The molecule has 106 valence electrons. The second-order valence-electron chi connectivity index (χ2n) is 4.14. The predicted octanol–water partition coefficient (Wildman–Crippen LogP) is 1.51. The molecule has 0 saturated heterocycles. The fraction of sp³-hybridized carbons (Fsp3) is 0.462. The number of carbonyl (C=O) groups is 1. The summed E-state index contributed by atoms with van der Waals surface area (Å²) < 4.78 is 25.8. The summed E-state index contributed by atoms with van der Waals surface area (Å²) in [5.41, 5.74) is 0.464. The van der Waals surface area contributed by atoms with Gasteiger partial charge >= 0.3 is 0 Å². The van der Waals surface area contributed by atoms with Crippen molar-refractivity contribution in [3.63, 3.8) is 0 Å². The molecule has 1 rings (SSSR count). The summed E-state index contributed by atoms with van der Waals surface area (Å²) in [6.45, 7) is 4.73. The van der Waals surface area contributed by atoms with E-state index in [4.69, 9.17) is 0 Å². The lowest BCUT2D eigenvalue weighted by Crippen LogP contribution is -2.25. The van der Waals surface area contributed by atoms with E-state index >= 15 is 0 Å². The molecule has 6 heteroatoms. The van der Waals surface area contributed by atoms with Crippen LogP contribution in [0.1, 0.15) is 37.0 Å². The number of amides is 1. The van der Waals surface area contributed by atoms with Crippen molar-refractivity contribution in [1.29, 1.82) is 0 Å². The zero-order valence-electron chi connectivity index (χ0n) is 11.3. The lowest BCUT2D eigenvalue weighted by Gasteiger charge is -2.06. The molecule has 0 saturated carbocycles. The fourth-order valence-corrected chi connectivity index (χ4v) is 2.58. The molecule has 2 N–H and O–H groups in total. The smallest absolute Gasteiger partial charge is 0.251 e. The van der Waals surface area contributed by atoms with Crippen LogP contribution in [-0.2, 0) is 10.0 Å². The van der Waals surface area contributed by atoms with Gasteiger partial charge in [0.15, 0.2) is 0 Å². The molecule has 0 aliphatic rings. The lowest BCUT2D eigenvalue weighted by molar-refractivity contribution is 0.0953. The first-order chi connectivity index (χ1) is 9.01. The van der Waals surface area contributed by atoms with Gasteiger partial charge in [-0.2, -0.15) is 0 Å². The topological polar surface area (TPSA) is 75.3 Å². The molecule has 0 unspecified atom stereocenters. The minimum Gasteiger partial charge on any atom is -0.352 e. The van der Waals surface area contributed by atoms with E-state index in [0.29, 0.717) is 18.7 Å². The van der Waals surface area contributed by atoms with Gasteiger partial charge in [-0.1, -0.05) is 20.3 Å². The monoisotopic (exact) mass is 284 g/mol. The summed E-state index contributed by atoms with van der Waals surface area (Å²) in [5.74, 6) is -0.180. The molecule has 1 aromatic rings. The van der Waals surface area contributed by atoms with Gasteiger partial charge < -0.3 is 5.32 Å². The van der Waals surface area contributed by atoms with Crippen molar-refractivity contribution in [3.8, 4) is 0 Å². The van der Waals surface area contributed by atoms with Crippen LogP contribution < -0.4 is 10.0 Å². The van der Waals surface area contributed by atoms with Gasteiger partial charge in [0.1, 0.15) is 0 Å². The van der Waals surface area contributed by atoms with E-state index in [0.717, 1.165) is 12.8 Å². The van der Waals surface area contributed by atoms with Crippen LogP contribution in [0.4, 0.5) is 0 Å². The SMILES string of the molecule is CCCCNC(=O)c1ccc(S(=O)(=O)NCC)cc1. The molecule has 1 aromatic carbocycles. The fourth-order valence-electron chi connectivity index (χ4n) is 1.54. The van der Waals surface area contributed by atoms with E-state index in [-0.39, 0.29) is 10.8 Å². The molecule has 0 spiro atoms. The summed E-state index contributed by atoms with van der Waals surface area (Å²) in [6, 6.07) is 5.91. The van der Waals surface area contributed by atoms with Gasteiger partial charge in [-0.15, -0.1) is 0 Å². The van der Waals surface area contributed by atoms with E-state index in [2.05, 4.69) is 10.0 Å². The molecule has 0 radical (unpaired) electrons. The second kappa shape index (κ2) is 7.25. The van der Waals surface area contributed by atoms with Crippen molar-refractivity contribution in [2.24, 2.45) is 0 Å². The molecular formula is C13H20N2O3S. The van der Waals surface area contributed by atoms with Gasteiger partial charge in [0.05, 0.1) is 4.90 Å². The zero-order chi connectivity index (χ0) is 14.3. The maximum absolute atomic E-state index is 11.7. The molecule has 0 fully saturated rings. The van der Waals surface area contributed by atoms with Crippen LogP contribution in [0.5, 0.6) is 0 Å². The Kier molecular flexibility index (Phi) is 5.98. The first-order valence-electron chi connectivity index (χ1n) is 6.39. The van der Waals surface area contributed by atoms with Gasteiger partial charge in [0.2, 0.25) is 10.0 Å². The maximum Gasteiger partial charge on any atom is 0.251 e. The van der Waals surface area contributed by atoms with Gasteiger partial charge in [-0.25, -0.2) is 13.1 Å². The Balaban J connectivity index is 2.74. The summed E-state index contributed by atoms with van der Waals surface area (Å²) in [6.07, 6.45) is 1.94. The van der Waals surface area contributed by atoms with E-state index in [1.165, 1.54) is 24.3 Å². The highest BCUT2D eigenvalue weighted by atomic mass is 32.2. The van der Waals surface area contributed by atoms with Gasteiger partial charge in [-0.05, 0) is 30.7 Å². The number of benzene rings is 1. The largest absolute Gasteiger partial charge is 0.352 e. The third-order valence-electron chi connectivity index (χ3n) is 2.58. The van der Waals surface area contributed by atoms with Crippen LogP contribution in [0, 0.1) is 0 Å². The average Bonchev–Trinajstić information content (AvgIpc) is 2.39. The van der Waals surface area contributed by atoms with Gasteiger partial charge in [-0.3, -0.25) is 4.79 Å². The Labute approximate surface area is 114 Å². The number of hydrogen-bond acceptors (Lipinski definition) is 3. The molecule has 0 aliphatic heterocycles. The third-order valence-corrected chi connectivity index (χ3v) is 4.14. The highest BCUT2D eigenvalue weighted by molar-refractivity contribution is 7.89. The molecule has 0 aliphatic carbocycles. The Hall–Kier alpha value is -1.40. The Morgan fingerprint density at radius 1 is 1.16 bits per heavy atom. The molecule has 5 nitrogen and oxygen atoms in total. The number of sulfonamides is 1. The van der Waals surface area contributed by atoms with Crippen molar-refractivity contribution in [2.45, 2.75) is 31.6 Å². The number of carbonyl (C=O) groups excluding carboxylic acids is 1. The van der Waals surface area contributed by atoms with Crippen LogP contribution in [-0.4, -0.2) is 27.4 Å². The molecule has 19 heavy (non-hydrogen) atoms. The number of rotatable bonds is 7. The van der Waals surface area contributed by atoms with E-state index < -0.39 is 10.0 Å².